The molecule has 2 atom stereocenters. The van der Waals surface area contributed by atoms with E-state index in [1.165, 1.54) is 22.3 Å². The van der Waals surface area contributed by atoms with Gasteiger partial charge >= 0.3 is 0 Å². The fourth-order valence-electron chi connectivity index (χ4n) is 5.29. The Morgan fingerprint density at radius 3 is 2.50 bits per heavy atom. The monoisotopic (exact) mass is 469 g/mol. The third-order valence-corrected chi connectivity index (χ3v) is 7.93. The topological polar surface area (TPSA) is 52.7 Å². The van der Waals surface area contributed by atoms with Crippen molar-refractivity contribution in [1.29, 1.82) is 0 Å². The van der Waals surface area contributed by atoms with Gasteiger partial charge in [0, 0.05) is 24.5 Å². The zero-order chi connectivity index (χ0) is 22.2. The van der Waals surface area contributed by atoms with Crippen molar-refractivity contribution >= 4 is 36.0 Å². The van der Waals surface area contributed by atoms with Crippen molar-refractivity contribution in [3.8, 4) is 0 Å². The zero-order valence-electron chi connectivity index (χ0n) is 18.0. The lowest BCUT2D eigenvalue weighted by atomic mass is 9.89. The summed E-state index contributed by atoms with van der Waals surface area (Å²) in [6.07, 6.45) is 3.27. The van der Waals surface area contributed by atoms with Crippen LogP contribution in [-0.2, 0) is 22.7 Å². The van der Waals surface area contributed by atoms with Crippen LogP contribution in [-0.4, -0.2) is 40.7 Å². The first kappa shape index (κ1) is 22.0. The number of amides is 2. The highest BCUT2D eigenvalue weighted by Crippen LogP contribution is 2.40. The second-order valence-electron chi connectivity index (χ2n) is 9.15. The molecule has 0 saturated carbocycles. The van der Waals surface area contributed by atoms with Crippen molar-refractivity contribution in [3.05, 3.63) is 69.7 Å². The summed E-state index contributed by atoms with van der Waals surface area (Å²) in [6, 6.07) is 14.6. The highest BCUT2D eigenvalue weighted by molar-refractivity contribution is 7.80. The van der Waals surface area contributed by atoms with Crippen LogP contribution in [0.25, 0.3) is 0 Å². The van der Waals surface area contributed by atoms with E-state index in [0.717, 1.165) is 37.5 Å². The molecular weight excluding hydrogens is 442 g/mol. The molecule has 2 fully saturated rings. The average Bonchev–Trinajstić information content (AvgIpc) is 3.11. The van der Waals surface area contributed by atoms with Gasteiger partial charge in [-0.2, -0.15) is 12.6 Å². The molecule has 2 saturated heterocycles. The van der Waals surface area contributed by atoms with Crippen LogP contribution in [0.4, 0.5) is 0 Å². The summed E-state index contributed by atoms with van der Waals surface area (Å²) in [6.45, 7) is 3.79. The number of carbonyl (C=O) groups is 2. The molecule has 3 aliphatic heterocycles. The summed E-state index contributed by atoms with van der Waals surface area (Å²) in [5.41, 5.74) is 5.09. The van der Waals surface area contributed by atoms with Crippen LogP contribution in [0.3, 0.4) is 0 Å². The van der Waals surface area contributed by atoms with Crippen molar-refractivity contribution in [1.82, 2.24) is 15.1 Å². The van der Waals surface area contributed by atoms with Gasteiger partial charge in [0.25, 0.3) is 0 Å². The van der Waals surface area contributed by atoms with Crippen molar-refractivity contribution < 1.29 is 9.59 Å². The van der Waals surface area contributed by atoms with Gasteiger partial charge in [-0.25, -0.2) is 0 Å². The molecule has 7 heteroatoms. The number of hydrogen-bond acceptors (Lipinski definition) is 5. The molecule has 2 aromatic rings. The minimum atomic E-state index is -0.294. The Labute approximate surface area is 199 Å². The minimum absolute atomic E-state index is 0.121. The van der Waals surface area contributed by atoms with Gasteiger partial charge in [-0.3, -0.25) is 24.7 Å². The van der Waals surface area contributed by atoms with Gasteiger partial charge in [-0.05, 0) is 72.7 Å². The first-order chi connectivity index (χ1) is 15.5. The highest BCUT2D eigenvalue weighted by atomic mass is 35.5. The first-order valence-electron chi connectivity index (χ1n) is 11.3. The molecule has 2 aromatic carbocycles. The van der Waals surface area contributed by atoms with Crippen molar-refractivity contribution in [3.63, 3.8) is 0 Å². The second-order valence-corrected chi connectivity index (χ2v) is 10.1. The van der Waals surface area contributed by atoms with Crippen LogP contribution in [0.2, 0.25) is 5.02 Å². The minimum Gasteiger partial charge on any atom is -0.299 e. The number of rotatable bonds is 4. The van der Waals surface area contributed by atoms with Gasteiger partial charge in [0.1, 0.15) is 0 Å². The lowest BCUT2D eigenvalue weighted by Gasteiger charge is -2.32. The molecule has 2 unspecified atom stereocenters. The molecule has 5 nitrogen and oxygen atoms in total. The van der Waals surface area contributed by atoms with Crippen LogP contribution in [0.5, 0.6) is 0 Å². The normalized spacial score (nSPS) is 25.1. The van der Waals surface area contributed by atoms with Crippen molar-refractivity contribution in [2.24, 2.45) is 0 Å². The Balaban J connectivity index is 1.21. The molecule has 168 valence electrons. The standard InChI is InChI=1S/C25H28ClN3O2S/c26-20-5-3-17(4-6-20)18-9-11-28(12-10-18)14-16-1-2-19-15-29(25(32)21(19)13-16)22-7-8-23(30)27-24(22)31/h1-6,13,18,22,25,32H,7-12,14-15H2,(H,27,30,31). The Bertz CT molecular complexity index is 1020. The second kappa shape index (κ2) is 9.18. The molecule has 1 N–H and O–H groups in total. The molecular formula is C25H28ClN3O2S. The Morgan fingerprint density at radius 1 is 1.03 bits per heavy atom. The van der Waals surface area contributed by atoms with Crippen molar-refractivity contribution in [2.45, 2.75) is 56.1 Å². The molecule has 0 aliphatic carbocycles. The van der Waals surface area contributed by atoms with E-state index in [9.17, 15) is 9.59 Å². The third kappa shape index (κ3) is 4.46. The van der Waals surface area contributed by atoms with E-state index in [1.54, 1.807) is 0 Å². The number of imide groups is 1. The highest BCUT2D eigenvalue weighted by Gasteiger charge is 2.39. The van der Waals surface area contributed by atoms with E-state index in [4.69, 9.17) is 24.2 Å². The summed E-state index contributed by atoms with van der Waals surface area (Å²) >= 11 is 10.9. The molecule has 2 amide bonds. The Morgan fingerprint density at radius 2 is 1.78 bits per heavy atom. The number of piperidine rings is 2. The summed E-state index contributed by atoms with van der Waals surface area (Å²) in [5.74, 6) is 0.227. The number of nitrogens with zero attached hydrogens (tertiary/aromatic N) is 2. The fourth-order valence-corrected chi connectivity index (χ4v) is 5.89. The number of nitrogens with one attached hydrogen (secondary N) is 1. The lowest BCUT2D eigenvalue weighted by Crippen LogP contribution is -2.51. The quantitative estimate of drug-likeness (QED) is 0.518. The van der Waals surface area contributed by atoms with Crippen LogP contribution < -0.4 is 5.32 Å². The summed E-state index contributed by atoms with van der Waals surface area (Å²) in [7, 11) is 0. The van der Waals surface area contributed by atoms with Gasteiger partial charge in [0.05, 0.1) is 11.4 Å². The van der Waals surface area contributed by atoms with Crippen LogP contribution in [0.1, 0.15) is 59.2 Å². The van der Waals surface area contributed by atoms with Gasteiger partial charge in [-0.15, -0.1) is 0 Å². The van der Waals surface area contributed by atoms with Crippen molar-refractivity contribution in [2.75, 3.05) is 13.1 Å². The predicted octanol–water partition coefficient (Wildman–Crippen LogP) is 4.27. The van der Waals surface area contributed by atoms with E-state index in [-0.39, 0.29) is 23.2 Å². The molecule has 3 aliphatic rings. The van der Waals surface area contributed by atoms with Crippen LogP contribution in [0.15, 0.2) is 42.5 Å². The maximum absolute atomic E-state index is 12.3. The van der Waals surface area contributed by atoms with E-state index in [1.807, 2.05) is 12.1 Å². The molecule has 0 aromatic heterocycles. The number of benzene rings is 2. The summed E-state index contributed by atoms with van der Waals surface area (Å²) in [4.78, 5) is 28.5. The first-order valence-corrected chi connectivity index (χ1v) is 12.2. The largest absolute Gasteiger partial charge is 0.299 e. The fraction of sp³-hybridized carbons (Fsp3) is 0.440. The number of fused-ring (bicyclic) bond motifs is 1. The zero-order valence-corrected chi connectivity index (χ0v) is 19.6. The van der Waals surface area contributed by atoms with Crippen LogP contribution >= 0.6 is 24.2 Å². The van der Waals surface area contributed by atoms with E-state index < -0.39 is 0 Å². The number of likely N-dealkylation sites (tertiary alicyclic amines) is 1. The molecule has 5 rings (SSSR count). The van der Waals surface area contributed by atoms with Gasteiger partial charge in [0.15, 0.2) is 0 Å². The maximum Gasteiger partial charge on any atom is 0.243 e. The lowest BCUT2D eigenvalue weighted by molar-refractivity contribution is -0.137. The van der Waals surface area contributed by atoms with E-state index in [0.29, 0.717) is 25.3 Å². The number of halogens is 1. The van der Waals surface area contributed by atoms with E-state index in [2.05, 4.69) is 45.4 Å². The third-order valence-electron chi connectivity index (χ3n) is 7.10. The number of carbonyl (C=O) groups excluding carboxylic acids is 2. The Hall–Kier alpha value is -1.86. The predicted molar refractivity (Wildman–Crippen MR) is 129 cm³/mol. The average molecular weight is 470 g/mol. The van der Waals surface area contributed by atoms with Gasteiger partial charge < -0.3 is 0 Å². The molecule has 0 radical (unpaired) electrons. The molecule has 0 bridgehead atoms. The number of hydrogen-bond donors (Lipinski definition) is 2. The molecule has 3 heterocycles. The van der Waals surface area contributed by atoms with Crippen LogP contribution in [0, 0.1) is 0 Å². The number of thiol groups is 1. The summed E-state index contributed by atoms with van der Waals surface area (Å²) < 4.78 is 0. The van der Waals surface area contributed by atoms with E-state index >= 15 is 0 Å². The SMILES string of the molecule is O=C1CCC(N2Cc3ccc(CN4CCC(c5ccc(Cl)cc5)CC4)cc3C2S)C(=O)N1. The summed E-state index contributed by atoms with van der Waals surface area (Å²) in [5, 5.41) is 3.14. The molecule has 32 heavy (non-hydrogen) atoms. The van der Waals surface area contributed by atoms with Gasteiger partial charge in [0.2, 0.25) is 11.8 Å². The maximum atomic E-state index is 12.3. The smallest absolute Gasteiger partial charge is 0.243 e. The Kier molecular flexibility index (Phi) is 6.30. The molecule has 0 spiro atoms. The van der Waals surface area contributed by atoms with Gasteiger partial charge in [-0.1, -0.05) is 41.9 Å².